The third kappa shape index (κ3) is 4.35. The molecule has 134 valence electrons. The van der Waals surface area contributed by atoms with Crippen LogP contribution in [0, 0.1) is 5.82 Å². The maximum Gasteiger partial charge on any atom is 0.251 e. The van der Waals surface area contributed by atoms with E-state index in [2.05, 4.69) is 33.9 Å². The van der Waals surface area contributed by atoms with Crippen LogP contribution in [0.25, 0.3) is 11.1 Å². The molecule has 0 spiro atoms. The van der Waals surface area contributed by atoms with E-state index in [0.717, 1.165) is 5.56 Å². The number of nitrogens with two attached hydrogens (primary N) is 1. The summed E-state index contributed by atoms with van der Waals surface area (Å²) in [7, 11) is -1.85. The van der Waals surface area contributed by atoms with Gasteiger partial charge in [-0.15, -0.1) is 0 Å². The van der Waals surface area contributed by atoms with Crippen molar-refractivity contribution in [1.29, 1.82) is 0 Å². The molecule has 1 amide bonds. The van der Waals surface area contributed by atoms with Crippen molar-refractivity contribution in [3.05, 3.63) is 59.4 Å². The minimum absolute atomic E-state index is 0.0968. The lowest BCUT2D eigenvalue weighted by atomic mass is 10.00. The monoisotopic (exact) mass is 359 g/mol. The molecule has 5 heteroatoms. The Bertz CT molecular complexity index is 782. The highest BCUT2D eigenvalue weighted by molar-refractivity contribution is 6.74. The summed E-state index contributed by atoms with van der Waals surface area (Å²) < 4.78 is 20.8. The largest absolute Gasteiger partial charge is 0.413 e. The molecular weight excluding hydrogens is 333 g/mol. The van der Waals surface area contributed by atoms with E-state index in [9.17, 15) is 9.18 Å². The summed E-state index contributed by atoms with van der Waals surface area (Å²) >= 11 is 0. The van der Waals surface area contributed by atoms with Crippen LogP contribution >= 0.6 is 0 Å². The highest BCUT2D eigenvalue weighted by Gasteiger charge is 2.37. The van der Waals surface area contributed by atoms with Crippen LogP contribution in [0.1, 0.15) is 36.7 Å². The van der Waals surface area contributed by atoms with Gasteiger partial charge in [-0.25, -0.2) is 4.39 Å². The topological polar surface area (TPSA) is 52.3 Å². The molecule has 25 heavy (non-hydrogen) atoms. The summed E-state index contributed by atoms with van der Waals surface area (Å²) in [6.45, 7) is 11.5. The molecule has 0 bridgehead atoms. The van der Waals surface area contributed by atoms with Crippen molar-refractivity contribution in [3.63, 3.8) is 0 Å². The summed E-state index contributed by atoms with van der Waals surface area (Å²) in [5.74, 6) is -1.35. The Morgan fingerprint density at radius 3 is 2.40 bits per heavy atom. The van der Waals surface area contributed by atoms with E-state index in [1.165, 1.54) is 6.07 Å². The van der Waals surface area contributed by atoms with Gasteiger partial charge in [0.25, 0.3) is 5.91 Å². The van der Waals surface area contributed by atoms with Gasteiger partial charge >= 0.3 is 0 Å². The quantitative estimate of drug-likeness (QED) is 0.754. The molecule has 0 saturated heterocycles. The Morgan fingerprint density at radius 2 is 1.80 bits per heavy atom. The lowest BCUT2D eigenvalue weighted by molar-refractivity contribution is 0.0996. The average molecular weight is 360 g/mol. The number of amides is 1. The summed E-state index contributed by atoms with van der Waals surface area (Å²) in [4.78, 5) is 11.3. The van der Waals surface area contributed by atoms with E-state index in [1.54, 1.807) is 12.1 Å². The fraction of sp³-hybridized carbons (Fsp3) is 0.350. The lowest BCUT2D eigenvalue weighted by Gasteiger charge is -2.36. The number of carbonyl (C=O) groups excluding carboxylic acids is 1. The van der Waals surface area contributed by atoms with Gasteiger partial charge in [-0.05, 0) is 41.4 Å². The van der Waals surface area contributed by atoms with Crippen LogP contribution < -0.4 is 5.73 Å². The molecule has 2 aromatic rings. The number of benzene rings is 2. The van der Waals surface area contributed by atoms with Crippen molar-refractivity contribution in [2.45, 2.75) is 45.5 Å². The molecule has 0 unspecified atom stereocenters. The second kappa shape index (κ2) is 7.10. The van der Waals surface area contributed by atoms with Gasteiger partial charge in [-0.1, -0.05) is 51.1 Å². The minimum Gasteiger partial charge on any atom is -0.413 e. The lowest BCUT2D eigenvalue weighted by Crippen LogP contribution is -2.40. The normalized spacial score (nSPS) is 12.2. The zero-order chi connectivity index (χ0) is 18.8. The van der Waals surface area contributed by atoms with E-state index < -0.39 is 20.0 Å². The van der Waals surface area contributed by atoms with Gasteiger partial charge in [0.05, 0.1) is 12.2 Å². The molecule has 2 N–H and O–H groups in total. The van der Waals surface area contributed by atoms with Gasteiger partial charge in [0.1, 0.15) is 5.82 Å². The fourth-order valence-electron chi connectivity index (χ4n) is 2.25. The fourth-order valence-corrected chi connectivity index (χ4v) is 3.21. The molecule has 2 rings (SSSR count). The number of halogens is 1. The smallest absolute Gasteiger partial charge is 0.251 e. The molecule has 0 aliphatic heterocycles. The third-order valence-corrected chi connectivity index (χ3v) is 9.39. The maximum absolute atomic E-state index is 14.5. The van der Waals surface area contributed by atoms with Gasteiger partial charge in [0.2, 0.25) is 0 Å². The maximum atomic E-state index is 14.5. The molecule has 0 atom stereocenters. The molecule has 0 aliphatic carbocycles. The number of hydrogen-bond acceptors (Lipinski definition) is 2. The number of primary amides is 1. The first-order valence-corrected chi connectivity index (χ1v) is 11.3. The zero-order valence-electron chi connectivity index (χ0n) is 15.5. The summed E-state index contributed by atoms with van der Waals surface area (Å²) in [6, 6.07) is 12.2. The molecule has 0 heterocycles. The van der Waals surface area contributed by atoms with Crippen molar-refractivity contribution in [1.82, 2.24) is 0 Å². The first kappa shape index (κ1) is 19.3. The molecule has 0 aromatic heterocycles. The second-order valence-corrected chi connectivity index (χ2v) is 12.6. The third-order valence-electron chi connectivity index (χ3n) is 4.91. The van der Waals surface area contributed by atoms with Crippen LogP contribution in [0.4, 0.5) is 4.39 Å². The second-order valence-electron chi connectivity index (χ2n) is 7.78. The van der Waals surface area contributed by atoms with E-state index in [1.807, 2.05) is 24.3 Å². The minimum atomic E-state index is -1.85. The van der Waals surface area contributed by atoms with Crippen LogP contribution in [0.2, 0.25) is 18.1 Å². The highest BCUT2D eigenvalue weighted by atomic mass is 28.4. The summed E-state index contributed by atoms with van der Waals surface area (Å²) in [5.41, 5.74) is 7.19. The number of carbonyl (C=O) groups is 1. The first-order valence-electron chi connectivity index (χ1n) is 8.34. The predicted molar refractivity (Wildman–Crippen MR) is 102 cm³/mol. The highest BCUT2D eigenvalue weighted by Crippen LogP contribution is 2.37. The first-order chi connectivity index (χ1) is 11.5. The Morgan fingerprint density at radius 1 is 1.16 bits per heavy atom. The molecule has 0 aliphatic rings. The summed E-state index contributed by atoms with van der Waals surface area (Å²) in [6.07, 6.45) is 0. The number of hydrogen-bond donors (Lipinski definition) is 1. The van der Waals surface area contributed by atoms with Crippen LogP contribution in [0.15, 0.2) is 42.5 Å². The Hall–Kier alpha value is -1.98. The molecule has 3 nitrogen and oxygen atoms in total. The van der Waals surface area contributed by atoms with E-state index in [0.29, 0.717) is 17.7 Å². The van der Waals surface area contributed by atoms with Crippen LogP contribution in [-0.4, -0.2) is 14.2 Å². The van der Waals surface area contributed by atoms with Crippen molar-refractivity contribution >= 4 is 14.2 Å². The van der Waals surface area contributed by atoms with Gasteiger partial charge in [0, 0.05) is 5.56 Å². The standard InChI is InChI=1S/C20H26FNO2Si/c1-20(2,3)25(4,5)24-13-14-8-6-9-15(12-14)16-10-7-11-17(18(16)21)19(22)23/h6-12H,13H2,1-5H3,(H2,22,23). The van der Waals surface area contributed by atoms with Crippen molar-refractivity contribution in [2.75, 3.05) is 0 Å². The summed E-state index contributed by atoms with van der Waals surface area (Å²) in [5, 5.41) is 0.131. The van der Waals surface area contributed by atoms with Gasteiger partial charge < -0.3 is 10.2 Å². The SMILES string of the molecule is CC(C)(C)[Si](C)(C)OCc1cccc(-c2cccc(C(N)=O)c2F)c1. The molecule has 0 radical (unpaired) electrons. The van der Waals surface area contributed by atoms with Crippen LogP contribution in [-0.2, 0) is 11.0 Å². The van der Waals surface area contributed by atoms with Gasteiger partial charge in [0.15, 0.2) is 8.32 Å². The average Bonchev–Trinajstić information content (AvgIpc) is 2.52. The van der Waals surface area contributed by atoms with Crippen molar-refractivity contribution < 1.29 is 13.6 Å². The van der Waals surface area contributed by atoms with Gasteiger partial charge in [-0.2, -0.15) is 0 Å². The van der Waals surface area contributed by atoms with E-state index in [4.69, 9.17) is 10.2 Å². The Kier molecular flexibility index (Phi) is 5.49. The van der Waals surface area contributed by atoms with Crippen LogP contribution in [0.5, 0.6) is 0 Å². The molecule has 0 fully saturated rings. The van der Waals surface area contributed by atoms with E-state index in [-0.39, 0.29) is 10.6 Å². The Balaban J connectivity index is 2.29. The molecule has 2 aromatic carbocycles. The molecule has 0 saturated carbocycles. The van der Waals surface area contributed by atoms with E-state index >= 15 is 0 Å². The molecular formula is C20H26FNO2Si. The predicted octanol–water partition coefficient (Wildman–Crippen LogP) is 5.11. The van der Waals surface area contributed by atoms with Crippen LogP contribution in [0.3, 0.4) is 0 Å². The van der Waals surface area contributed by atoms with Gasteiger partial charge in [-0.3, -0.25) is 4.79 Å². The zero-order valence-corrected chi connectivity index (χ0v) is 16.5. The van der Waals surface area contributed by atoms with Crippen molar-refractivity contribution in [3.8, 4) is 11.1 Å². The number of rotatable bonds is 5. The Labute approximate surface area is 150 Å². The van der Waals surface area contributed by atoms with Crippen molar-refractivity contribution in [2.24, 2.45) is 5.73 Å².